The molecule has 33 heavy (non-hydrogen) atoms. The van der Waals surface area contributed by atoms with Gasteiger partial charge in [-0.3, -0.25) is 4.79 Å². The number of hydrogen-bond donors (Lipinski definition) is 2. The fourth-order valence-electron chi connectivity index (χ4n) is 3.92. The number of benzene rings is 3. The molecule has 3 aromatic carbocycles. The number of nitrogens with one attached hydrogen (secondary N) is 2. The molecule has 0 fully saturated rings. The topological polar surface area (TPSA) is 65.2 Å². The Balaban J connectivity index is 1.62. The molecule has 2 amide bonds. The lowest BCUT2D eigenvalue weighted by Crippen LogP contribution is -2.37. The van der Waals surface area contributed by atoms with Crippen molar-refractivity contribution in [2.24, 2.45) is 0 Å². The van der Waals surface area contributed by atoms with Crippen molar-refractivity contribution >= 4 is 34.2 Å². The van der Waals surface area contributed by atoms with Gasteiger partial charge in [-0.1, -0.05) is 60.1 Å². The number of aromatic amines is 1. The summed E-state index contributed by atoms with van der Waals surface area (Å²) in [7, 11) is 0. The molecule has 4 rings (SSSR count). The quantitative estimate of drug-likeness (QED) is 0.367. The average Bonchev–Trinajstić information content (AvgIpc) is 2.78. The molecule has 6 heteroatoms. The van der Waals surface area contributed by atoms with Crippen LogP contribution in [0.15, 0.2) is 77.6 Å². The van der Waals surface area contributed by atoms with Crippen LogP contribution in [0.1, 0.15) is 22.3 Å². The van der Waals surface area contributed by atoms with Crippen molar-refractivity contribution in [3.63, 3.8) is 0 Å². The summed E-state index contributed by atoms with van der Waals surface area (Å²) >= 11 is 6.07. The predicted octanol–water partition coefficient (Wildman–Crippen LogP) is 6.08. The number of rotatable bonds is 6. The van der Waals surface area contributed by atoms with Crippen LogP contribution < -0.4 is 10.9 Å². The highest BCUT2D eigenvalue weighted by Gasteiger charge is 2.17. The number of hydrogen-bond acceptors (Lipinski definition) is 2. The summed E-state index contributed by atoms with van der Waals surface area (Å²) in [6.45, 7) is 4.67. The normalized spacial score (nSPS) is 10.9. The second-order valence-corrected chi connectivity index (χ2v) is 8.64. The molecule has 2 N–H and O–H groups in total. The van der Waals surface area contributed by atoms with Crippen molar-refractivity contribution in [1.82, 2.24) is 9.88 Å². The van der Waals surface area contributed by atoms with Crippen LogP contribution in [0.4, 0.5) is 10.5 Å². The number of halogens is 1. The minimum Gasteiger partial charge on any atom is -0.321 e. The van der Waals surface area contributed by atoms with Gasteiger partial charge < -0.3 is 15.2 Å². The maximum Gasteiger partial charge on any atom is 0.322 e. The third-order valence-corrected chi connectivity index (χ3v) is 6.04. The van der Waals surface area contributed by atoms with Crippen molar-refractivity contribution in [2.45, 2.75) is 26.8 Å². The van der Waals surface area contributed by atoms with Gasteiger partial charge in [-0.25, -0.2) is 4.79 Å². The Morgan fingerprint density at radius 1 is 0.939 bits per heavy atom. The SMILES string of the molecule is Cc1ccccc1CCN(Cc1cc2cccc(C)c2[nH]c1=O)C(=O)Nc1cccc(Cl)c1. The van der Waals surface area contributed by atoms with Crippen molar-refractivity contribution in [3.05, 3.63) is 110 Å². The van der Waals surface area contributed by atoms with E-state index in [-0.39, 0.29) is 18.1 Å². The number of H-pyrrole nitrogens is 1. The van der Waals surface area contributed by atoms with E-state index in [1.807, 2.05) is 43.3 Å². The fourth-order valence-corrected chi connectivity index (χ4v) is 4.11. The van der Waals surface area contributed by atoms with Crippen LogP contribution in [0, 0.1) is 13.8 Å². The highest BCUT2D eigenvalue weighted by molar-refractivity contribution is 6.30. The first kappa shape index (κ1) is 22.6. The van der Waals surface area contributed by atoms with E-state index in [1.165, 1.54) is 11.1 Å². The van der Waals surface area contributed by atoms with Gasteiger partial charge in [0.1, 0.15) is 0 Å². The number of para-hydroxylation sites is 1. The zero-order valence-electron chi connectivity index (χ0n) is 18.7. The van der Waals surface area contributed by atoms with E-state index in [2.05, 4.69) is 29.4 Å². The number of amides is 2. The molecule has 0 atom stereocenters. The van der Waals surface area contributed by atoms with Gasteiger partial charge in [0, 0.05) is 22.8 Å². The maximum absolute atomic E-state index is 13.2. The Kier molecular flexibility index (Phi) is 6.80. The largest absolute Gasteiger partial charge is 0.322 e. The Labute approximate surface area is 198 Å². The number of anilines is 1. The van der Waals surface area contributed by atoms with Crippen LogP contribution in [0.25, 0.3) is 10.9 Å². The van der Waals surface area contributed by atoms with E-state index in [9.17, 15) is 9.59 Å². The monoisotopic (exact) mass is 459 g/mol. The van der Waals surface area contributed by atoms with Gasteiger partial charge in [-0.15, -0.1) is 0 Å². The second kappa shape index (κ2) is 9.92. The first-order valence-electron chi connectivity index (χ1n) is 10.9. The molecule has 1 heterocycles. The maximum atomic E-state index is 13.2. The van der Waals surface area contributed by atoms with Gasteiger partial charge in [0.05, 0.1) is 12.1 Å². The van der Waals surface area contributed by atoms with Crippen LogP contribution in [0.5, 0.6) is 0 Å². The van der Waals surface area contributed by atoms with Crippen molar-refractivity contribution in [2.75, 3.05) is 11.9 Å². The molecule has 0 aliphatic rings. The minimum absolute atomic E-state index is 0.187. The number of aryl methyl sites for hydroxylation is 2. The Hall–Kier alpha value is -3.57. The predicted molar refractivity (Wildman–Crippen MR) is 135 cm³/mol. The molecule has 0 spiro atoms. The lowest BCUT2D eigenvalue weighted by molar-refractivity contribution is 0.209. The van der Waals surface area contributed by atoms with Gasteiger partial charge in [0.2, 0.25) is 0 Å². The zero-order valence-corrected chi connectivity index (χ0v) is 19.4. The summed E-state index contributed by atoms with van der Waals surface area (Å²) in [5, 5.41) is 4.40. The minimum atomic E-state index is -0.283. The van der Waals surface area contributed by atoms with E-state index in [4.69, 9.17) is 11.6 Å². The van der Waals surface area contributed by atoms with Crippen molar-refractivity contribution in [1.29, 1.82) is 0 Å². The molecular formula is C27H26ClN3O2. The van der Waals surface area contributed by atoms with E-state index >= 15 is 0 Å². The molecule has 168 valence electrons. The summed E-state index contributed by atoms with van der Waals surface area (Å²) in [6, 6.07) is 22.6. The van der Waals surface area contributed by atoms with Crippen molar-refractivity contribution in [3.8, 4) is 0 Å². The molecule has 0 aliphatic carbocycles. The molecule has 0 aliphatic heterocycles. The van der Waals surface area contributed by atoms with Gasteiger partial charge in [-0.05, 0) is 66.6 Å². The Morgan fingerprint density at radius 2 is 1.70 bits per heavy atom. The lowest BCUT2D eigenvalue weighted by atomic mass is 10.1. The van der Waals surface area contributed by atoms with E-state index in [0.717, 1.165) is 16.5 Å². The summed E-state index contributed by atoms with van der Waals surface area (Å²) < 4.78 is 0. The molecule has 4 aromatic rings. The van der Waals surface area contributed by atoms with Gasteiger partial charge in [0.15, 0.2) is 0 Å². The van der Waals surface area contributed by atoms with E-state index < -0.39 is 0 Å². The van der Waals surface area contributed by atoms with Gasteiger partial charge in [-0.2, -0.15) is 0 Å². The molecule has 5 nitrogen and oxygen atoms in total. The molecule has 0 radical (unpaired) electrons. The first-order chi connectivity index (χ1) is 15.9. The number of fused-ring (bicyclic) bond motifs is 1. The first-order valence-corrected chi connectivity index (χ1v) is 11.3. The summed E-state index contributed by atoms with van der Waals surface area (Å²) in [6.07, 6.45) is 0.681. The number of carbonyl (C=O) groups excluding carboxylic acids is 1. The van der Waals surface area contributed by atoms with Crippen LogP contribution in [0.3, 0.4) is 0 Å². The Morgan fingerprint density at radius 3 is 2.48 bits per heavy atom. The third kappa shape index (κ3) is 5.44. The van der Waals surface area contributed by atoms with Crippen molar-refractivity contribution < 1.29 is 4.79 Å². The lowest BCUT2D eigenvalue weighted by Gasteiger charge is -2.24. The number of carbonyl (C=O) groups is 1. The number of aromatic nitrogens is 1. The fraction of sp³-hybridized carbons (Fsp3) is 0.185. The highest BCUT2D eigenvalue weighted by atomic mass is 35.5. The summed E-state index contributed by atoms with van der Waals surface area (Å²) in [4.78, 5) is 30.7. The van der Waals surface area contributed by atoms with Crippen LogP contribution >= 0.6 is 11.6 Å². The Bertz CT molecular complexity index is 1360. The zero-order chi connectivity index (χ0) is 23.4. The standard InChI is InChI=1S/C27H26ClN3O2/c1-18-7-3-4-9-20(18)13-14-31(27(33)29-24-12-6-11-23(28)16-24)17-22-15-21-10-5-8-19(2)25(21)30-26(22)32/h3-12,15-16H,13-14,17H2,1-2H3,(H,29,33)(H,30,32). The van der Waals surface area contributed by atoms with Crippen LogP contribution in [0.2, 0.25) is 5.02 Å². The smallest absolute Gasteiger partial charge is 0.321 e. The average molecular weight is 460 g/mol. The number of nitrogens with zero attached hydrogens (tertiary/aromatic N) is 1. The molecule has 0 unspecified atom stereocenters. The number of pyridine rings is 1. The van der Waals surface area contributed by atoms with E-state index in [0.29, 0.717) is 29.2 Å². The highest BCUT2D eigenvalue weighted by Crippen LogP contribution is 2.18. The molecular weight excluding hydrogens is 434 g/mol. The molecule has 0 saturated carbocycles. The molecule has 1 aromatic heterocycles. The summed E-state index contributed by atoms with van der Waals surface area (Å²) in [5.74, 6) is 0. The van der Waals surface area contributed by atoms with Gasteiger partial charge >= 0.3 is 6.03 Å². The number of urea groups is 1. The van der Waals surface area contributed by atoms with Gasteiger partial charge in [0.25, 0.3) is 5.56 Å². The molecule has 0 bridgehead atoms. The van der Waals surface area contributed by atoms with Crippen LogP contribution in [-0.2, 0) is 13.0 Å². The van der Waals surface area contributed by atoms with E-state index in [1.54, 1.807) is 29.2 Å². The third-order valence-electron chi connectivity index (χ3n) is 5.80. The molecule has 0 saturated heterocycles. The second-order valence-electron chi connectivity index (χ2n) is 8.20. The van der Waals surface area contributed by atoms with Crippen LogP contribution in [-0.4, -0.2) is 22.5 Å². The summed E-state index contributed by atoms with van der Waals surface area (Å²) in [5.41, 5.74) is 5.13.